The van der Waals surface area contributed by atoms with Gasteiger partial charge in [0.1, 0.15) is 5.78 Å². The molecule has 3 aliphatic rings. The first kappa shape index (κ1) is 12.7. The average molecular weight is 249 g/mol. The number of carbonyl (C=O) groups excluding carboxylic acids is 1. The molecule has 3 unspecified atom stereocenters. The van der Waals surface area contributed by atoms with Crippen molar-refractivity contribution in [2.24, 2.45) is 17.3 Å². The molecular formula is C16H27NO. The summed E-state index contributed by atoms with van der Waals surface area (Å²) < 4.78 is 0. The quantitative estimate of drug-likeness (QED) is 0.748. The van der Waals surface area contributed by atoms with Crippen LogP contribution in [0, 0.1) is 17.3 Å². The molecule has 2 nitrogen and oxygen atoms in total. The summed E-state index contributed by atoms with van der Waals surface area (Å²) in [5.74, 6) is 2.10. The van der Waals surface area contributed by atoms with Gasteiger partial charge in [-0.15, -0.1) is 0 Å². The van der Waals surface area contributed by atoms with Crippen LogP contribution < -0.4 is 0 Å². The fraction of sp³-hybridized carbons (Fsp3) is 0.938. The SMILES string of the molecule is CC(=O)C12CCCC1CC(N1CCC(C)CC1)C2. The first-order chi connectivity index (χ1) is 8.62. The van der Waals surface area contributed by atoms with Crippen LogP contribution in [0.3, 0.4) is 0 Å². The summed E-state index contributed by atoms with van der Waals surface area (Å²) in [5.41, 5.74) is 0.0910. The maximum atomic E-state index is 12.1. The molecule has 18 heavy (non-hydrogen) atoms. The lowest BCUT2D eigenvalue weighted by Gasteiger charge is -2.36. The van der Waals surface area contributed by atoms with Crippen molar-refractivity contribution in [2.45, 2.75) is 64.8 Å². The summed E-state index contributed by atoms with van der Waals surface area (Å²) in [6.45, 7) is 6.76. The Kier molecular flexibility index (Phi) is 3.25. The van der Waals surface area contributed by atoms with Gasteiger partial charge in [0, 0.05) is 11.5 Å². The van der Waals surface area contributed by atoms with Crippen molar-refractivity contribution in [3.8, 4) is 0 Å². The van der Waals surface area contributed by atoms with Crippen LogP contribution in [0.4, 0.5) is 0 Å². The van der Waals surface area contributed by atoms with Gasteiger partial charge in [-0.1, -0.05) is 13.3 Å². The van der Waals surface area contributed by atoms with E-state index in [4.69, 9.17) is 0 Å². The molecule has 2 heteroatoms. The number of Topliss-reactive ketones (excluding diaryl/α,β-unsaturated/α-hetero) is 1. The minimum absolute atomic E-state index is 0.0910. The van der Waals surface area contributed by atoms with Crippen LogP contribution in [0.25, 0.3) is 0 Å². The molecule has 1 saturated heterocycles. The number of fused-ring (bicyclic) bond motifs is 1. The lowest BCUT2D eigenvalue weighted by molar-refractivity contribution is -0.127. The number of carbonyl (C=O) groups is 1. The highest BCUT2D eigenvalue weighted by Gasteiger charge is 2.53. The predicted molar refractivity (Wildman–Crippen MR) is 73.4 cm³/mol. The average Bonchev–Trinajstić information content (AvgIpc) is 2.87. The van der Waals surface area contributed by atoms with Gasteiger partial charge in [-0.05, 0) is 70.4 Å². The van der Waals surface area contributed by atoms with E-state index in [1.165, 1.54) is 58.0 Å². The van der Waals surface area contributed by atoms with Gasteiger partial charge >= 0.3 is 0 Å². The van der Waals surface area contributed by atoms with Gasteiger partial charge in [0.2, 0.25) is 0 Å². The molecule has 0 amide bonds. The Morgan fingerprint density at radius 1 is 1.22 bits per heavy atom. The van der Waals surface area contributed by atoms with Gasteiger partial charge in [0.15, 0.2) is 0 Å². The third kappa shape index (κ3) is 1.93. The van der Waals surface area contributed by atoms with Crippen molar-refractivity contribution in [1.82, 2.24) is 4.90 Å². The highest BCUT2D eigenvalue weighted by molar-refractivity contribution is 5.83. The fourth-order valence-corrected chi connectivity index (χ4v) is 4.87. The first-order valence-electron chi connectivity index (χ1n) is 7.87. The molecule has 0 bridgehead atoms. The number of nitrogens with zero attached hydrogens (tertiary/aromatic N) is 1. The molecule has 3 atom stereocenters. The van der Waals surface area contributed by atoms with E-state index < -0.39 is 0 Å². The Morgan fingerprint density at radius 2 is 1.94 bits per heavy atom. The Labute approximate surface area is 111 Å². The van der Waals surface area contributed by atoms with Gasteiger partial charge < -0.3 is 4.90 Å². The van der Waals surface area contributed by atoms with Gasteiger partial charge in [-0.25, -0.2) is 0 Å². The van der Waals surface area contributed by atoms with Crippen molar-refractivity contribution in [3.63, 3.8) is 0 Å². The third-order valence-corrected chi connectivity index (χ3v) is 6.15. The molecule has 2 saturated carbocycles. The molecule has 3 rings (SSSR count). The van der Waals surface area contributed by atoms with Gasteiger partial charge in [-0.2, -0.15) is 0 Å². The van der Waals surface area contributed by atoms with Crippen molar-refractivity contribution >= 4 is 5.78 Å². The second kappa shape index (κ2) is 4.63. The zero-order valence-corrected chi connectivity index (χ0v) is 12.0. The second-order valence-electron chi connectivity index (χ2n) is 7.11. The zero-order valence-electron chi connectivity index (χ0n) is 12.0. The summed E-state index contributed by atoms with van der Waals surface area (Å²) in [7, 11) is 0. The second-order valence-corrected chi connectivity index (χ2v) is 7.11. The minimum atomic E-state index is 0.0910. The molecule has 0 radical (unpaired) electrons. The monoisotopic (exact) mass is 249 g/mol. The van der Waals surface area contributed by atoms with Crippen LogP contribution in [-0.4, -0.2) is 29.8 Å². The lowest BCUT2D eigenvalue weighted by atomic mass is 9.77. The van der Waals surface area contributed by atoms with Crippen LogP contribution in [0.15, 0.2) is 0 Å². The standard InChI is InChI=1S/C16H27NO/c1-12-5-8-17(9-6-12)15-10-14-4-3-7-16(14,11-15)13(2)18/h12,14-15H,3-11H2,1-2H3. The van der Waals surface area contributed by atoms with E-state index in [0.29, 0.717) is 17.7 Å². The topological polar surface area (TPSA) is 20.3 Å². The van der Waals surface area contributed by atoms with Crippen LogP contribution in [-0.2, 0) is 4.79 Å². The number of ketones is 1. The van der Waals surface area contributed by atoms with Crippen LogP contribution >= 0.6 is 0 Å². The predicted octanol–water partition coefficient (Wildman–Crippen LogP) is 3.26. The summed E-state index contributed by atoms with van der Waals surface area (Å²) in [5, 5.41) is 0. The molecule has 102 valence electrons. The van der Waals surface area contributed by atoms with Gasteiger partial charge in [-0.3, -0.25) is 4.79 Å². The Bertz CT molecular complexity index is 332. The number of likely N-dealkylation sites (tertiary alicyclic amines) is 1. The van der Waals surface area contributed by atoms with Crippen LogP contribution in [0.1, 0.15) is 58.8 Å². The Hall–Kier alpha value is -0.370. The number of hydrogen-bond donors (Lipinski definition) is 0. The van der Waals surface area contributed by atoms with E-state index in [1.54, 1.807) is 0 Å². The van der Waals surface area contributed by atoms with E-state index in [2.05, 4.69) is 11.8 Å². The molecule has 1 heterocycles. The van der Waals surface area contributed by atoms with Crippen molar-refractivity contribution in [3.05, 3.63) is 0 Å². The normalized spacial score (nSPS) is 42.1. The highest BCUT2D eigenvalue weighted by atomic mass is 16.1. The van der Waals surface area contributed by atoms with Crippen LogP contribution in [0.2, 0.25) is 0 Å². The molecule has 0 aromatic carbocycles. The van der Waals surface area contributed by atoms with Crippen molar-refractivity contribution in [1.29, 1.82) is 0 Å². The third-order valence-electron chi connectivity index (χ3n) is 6.15. The zero-order chi connectivity index (χ0) is 12.8. The molecule has 1 aliphatic heterocycles. The van der Waals surface area contributed by atoms with Crippen molar-refractivity contribution in [2.75, 3.05) is 13.1 Å². The summed E-state index contributed by atoms with van der Waals surface area (Å²) in [4.78, 5) is 14.8. The largest absolute Gasteiger partial charge is 0.300 e. The van der Waals surface area contributed by atoms with E-state index >= 15 is 0 Å². The molecule has 0 spiro atoms. The Morgan fingerprint density at radius 3 is 2.56 bits per heavy atom. The van der Waals surface area contributed by atoms with Gasteiger partial charge in [0.25, 0.3) is 0 Å². The lowest BCUT2D eigenvalue weighted by Crippen LogP contribution is -2.40. The minimum Gasteiger partial charge on any atom is -0.300 e. The number of piperidine rings is 1. The summed E-state index contributed by atoms with van der Waals surface area (Å²) in [6.07, 6.45) is 8.94. The maximum Gasteiger partial charge on any atom is 0.136 e. The van der Waals surface area contributed by atoms with E-state index in [0.717, 1.165) is 5.92 Å². The van der Waals surface area contributed by atoms with E-state index in [9.17, 15) is 4.79 Å². The van der Waals surface area contributed by atoms with Gasteiger partial charge in [0.05, 0.1) is 0 Å². The molecule has 0 aromatic heterocycles. The first-order valence-corrected chi connectivity index (χ1v) is 7.87. The van der Waals surface area contributed by atoms with Crippen LogP contribution in [0.5, 0.6) is 0 Å². The van der Waals surface area contributed by atoms with Crippen molar-refractivity contribution < 1.29 is 4.79 Å². The Balaban J connectivity index is 1.69. The molecule has 2 aliphatic carbocycles. The van der Waals surface area contributed by atoms with E-state index in [-0.39, 0.29) is 5.41 Å². The van der Waals surface area contributed by atoms with E-state index in [1.807, 2.05) is 6.92 Å². The number of hydrogen-bond acceptors (Lipinski definition) is 2. The molecule has 0 N–H and O–H groups in total. The molecule has 0 aromatic rings. The highest BCUT2D eigenvalue weighted by Crippen LogP contribution is 2.56. The number of rotatable bonds is 2. The smallest absolute Gasteiger partial charge is 0.136 e. The molecular weight excluding hydrogens is 222 g/mol. The maximum absolute atomic E-state index is 12.1. The summed E-state index contributed by atoms with van der Waals surface area (Å²) in [6, 6.07) is 0.715. The molecule has 3 fully saturated rings. The fourth-order valence-electron chi connectivity index (χ4n) is 4.87. The summed E-state index contributed by atoms with van der Waals surface area (Å²) >= 11 is 0.